The van der Waals surface area contributed by atoms with Crippen molar-refractivity contribution < 1.29 is 4.39 Å². The topological polar surface area (TPSA) is 38.9 Å². The highest BCUT2D eigenvalue weighted by atomic mass is 35.5. The molecule has 1 aromatic carbocycles. The lowest BCUT2D eigenvalue weighted by Crippen LogP contribution is -1.90. The van der Waals surface area contributed by atoms with Crippen LogP contribution in [-0.2, 0) is 0 Å². The molecule has 1 aliphatic carbocycles. The third kappa shape index (κ3) is 2.03. The lowest BCUT2D eigenvalue weighted by atomic mass is 10.1. The number of nitrogen functional groups attached to an aromatic ring is 1. The summed E-state index contributed by atoms with van der Waals surface area (Å²) in [4.78, 5) is 4.44. The van der Waals surface area contributed by atoms with Crippen LogP contribution < -0.4 is 5.73 Å². The Balaban J connectivity index is 2.10. The van der Waals surface area contributed by atoms with E-state index in [1.807, 2.05) is 0 Å². The molecule has 0 aliphatic heterocycles. The molecule has 3 rings (SSSR count). The Morgan fingerprint density at radius 1 is 1.41 bits per heavy atom. The van der Waals surface area contributed by atoms with Gasteiger partial charge in [-0.2, -0.15) is 0 Å². The zero-order chi connectivity index (χ0) is 12.0. The van der Waals surface area contributed by atoms with E-state index in [1.165, 1.54) is 23.5 Å². The fourth-order valence-electron chi connectivity index (χ4n) is 1.73. The maximum absolute atomic E-state index is 13.7. The van der Waals surface area contributed by atoms with Crippen molar-refractivity contribution >= 4 is 27.9 Å². The Hall–Kier alpha value is -1.13. The average Bonchev–Trinajstić information content (AvgIpc) is 3.07. The summed E-state index contributed by atoms with van der Waals surface area (Å²) in [6.07, 6.45) is 2.31. The SMILES string of the molecule is Nc1sc(C2CC2)nc1-c1cc(Cl)ccc1F. The van der Waals surface area contributed by atoms with Crippen LogP contribution in [0.25, 0.3) is 11.3 Å². The van der Waals surface area contributed by atoms with Gasteiger partial charge in [-0.1, -0.05) is 11.6 Å². The second-order valence-corrected chi connectivity index (χ2v) is 5.66. The van der Waals surface area contributed by atoms with E-state index in [0.717, 1.165) is 17.8 Å². The van der Waals surface area contributed by atoms with Crippen molar-refractivity contribution in [1.82, 2.24) is 4.98 Å². The van der Waals surface area contributed by atoms with Gasteiger partial charge in [0, 0.05) is 16.5 Å². The summed E-state index contributed by atoms with van der Waals surface area (Å²) in [6, 6.07) is 4.43. The van der Waals surface area contributed by atoms with E-state index in [-0.39, 0.29) is 5.82 Å². The molecule has 1 aliphatic rings. The van der Waals surface area contributed by atoms with Gasteiger partial charge >= 0.3 is 0 Å². The molecule has 0 saturated heterocycles. The Kier molecular flexibility index (Phi) is 2.56. The minimum Gasteiger partial charge on any atom is -0.389 e. The lowest BCUT2D eigenvalue weighted by molar-refractivity contribution is 0.631. The lowest BCUT2D eigenvalue weighted by Gasteiger charge is -2.01. The summed E-state index contributed by atoms with van der Waals surface area (Å²) in [5, 5.41) is 2.06. The number of thiazole rings is 1. The quantitative estimate of drug-likeness (QED) is 0.892. The van der Waals surface area contributed by atoms with Crippen molar-refractivity contribution in [2.75, 3.05) is 5.73 Å². The first-order valence-electron chi connectivity index (χ1n) is 5.37. The Labute approximate surface area is 107 Å². The van der Waals surface area contributed by atoms with Gasteiger partial charge in [-0.05, 0) is 31.0 Å². The molecule has 1 fully saturated rings. The number of hydrogen-bond donors (Lipinski definition) is 1. The van der Waals surface area contributed by atoms with Crippen LogP contribution in [0.4, 0.5) is 9.39 Å². The van der Waals surface area contributed by atoms with E-state index in [0.29, 0.717) is 27.2 Å². The number of anilines is 1. The number of nitrogens with two attached hydrogens (primary N) is 1. The highest BCUT2D eigenvalue weighted by molar-refractivity contribution is 7.16. The van der Waals surface area contributed by atoms with E-state index >= 15 is 0 Å². The van der Waals surface area contributed by atoms with E-state index in [1.54, 1.807) is 6.07 Å². The van der Waals surface area contributed by atoms with Crippen molar-refractivity contribution in [2.24, 2.45) is 0 Å². The average molecular weight is 269 g/mol. The normalized spacial score (nSPS) is 15.2. The Morgan fingerprint density at radius 2 is 2.18 bits per heavy atom. The molecule has 0 atom stereocenters. The van der Waals surface area contributed by atoms with Gasteiger partial charge in [0.1, 0.15) is 16.5 Å². The van der Waals surface area contributed by atoms with Crippen LogP contribution in [0.1, 0.15) is 23.8 Å². The maximum Gasteiger partial charge on any atom is 0.132 e. The van der Waals surface area contributed by atoms with Crippen LogP contribution in [0.5, 0.6) is 0 Å². The number of aromatic nitrogens is 1. The third-order valence-electron chi connectivity index (χ3n) is 2.78. The first kappa shape index (κ1) is 11.0. The second-order valence-electron chi connectivity index (χ2n) is 4.16. The molecule has 0 bridgehead atoms. The van der Waals surface area contributed by atoms with Gasteiger partial charge in [0.2, 0.25) is 0 Å². The van der Waals surface area contributed by atoms with Crippen LogP contribution in [0.15, 0.2) is 18.2 Å². The van der Waals surface area contributed by atoms with E-state index in [2.05, 4.69) is 4.98 Å². The number of benzene rings is 1. The first-order valence-corrected chi connectivity index (χ1v) is 6.56. The molecule has 88 valence electrons. The van der Waals surface area contributed by atoms with Crippen LogP contribution in [0, 0.1) is 5.82 Å². The van der Waals surface area contributed by atoms with Crippen molar-refractivity contribution in [3.8, 4) is 11.3 Å². The van der Waals surface area contributed by atoms with E-state index in [4.69, 9.17) is 17.3 Å². The van der Waals surface area contributed by atoms with Gasteiger partial charge in [0.25, 0.3) is 0 Å². The number of rotatable bonds is 2. The van der Waals surface area contributed by atoms with E-state index in [9.17, 15) is 4.39 Å². The molecule has 2 aromatic rings. The fourth-order valence-corrected chi connectivity index (χ4v) is 2.91. The van der Waals surface area contributed by atoms with Gasteiger partial charge in [-0.25, -0.2) is 9.37 Å². The van der Waals surface area contributed by atoms with Crippen LogP contribution in [-0.4, -0.2) is 4.98 Å². The molecule has 1 heterocycles. The zero-order valence-corrected chi connectivity index (χ0v) is 10.5. The predicted octanol–water partition coefficient (Wildman–Crippen LogP) is 4.06. The molecule has 0 radical (unpaired) electrons. The maximum atomic E-state index is 13.7. The summed E-state index contributed by atoms with van der Waals surface area (Å²) in [6.45, 7) is 0. The molecule has 5 heteroatoms. The van der Waals surface area contributed by atoms with Crippen LogP contribution in [0.2, 0.25) is 5.02 Å². The largest absolute Gasteiger partial charge is 0.389 e. The standard InChI is InChI=1S/C12H10ClFN2S/c13-7-3-4-9(14)8(5-7)10-11(15)17-12(16-10)6-1-2-6/h3-6H,1-2,15H2. The molecule has 0 spiro atoms. The fraction of sp³-hybridized carbons (Fsp3) is 0.250. The summed E-state index contributed by atoms with van der Waals surface area (Å²) in [5.41, 5.74) is 6.82. The molecule has 2 N–H and O–H groups in total. The summed E-state index contributed by atoms with van der Waals surface area (Å²) in [5.74, 6) is 0.187. The molecule has 1 aromatic heterocycles. The van der Waals surface area contributed by atoms with E-state index < -0.39 is 0 Å². The van der Waals surface area contributed by atoms with Gasteiger partial charge < -0.3 is 5.73 Å². The predicted molar refractivity (Wildman–Crippen MR) is 68.9 cm³/mol. The molecule has 0 amide bonds. The monoisotopic (exact) mass is 268 g/mol. The van der Waals surface area contributed by atoms with Crippen molar-refractivity contribution in [3.05, 3.63) is 34.0 Å². The highest BCUT2D eigenvalue weighted by Gasteiger charge is 2.28. The van der Waals surface area contributed by atoms with Gasteiger partial charge in [0.05, 0.1) is 5.01 Å². The molecule has 1 saturated carbocycles. The Morgan fingerprint density at radius 3 is 2.88 bits per heavy atom. The smallest absolute Gasteiger partial charge is 0.132 e. The zero-order valence-electron chi connectivity index (χ0n) is 8.91. The van der Waals surface area contributed by atoms with Gasteiger partial charge in [-0.15, -0.1) is 11.3 Å². The summed E-state index contributed by atoms with van der Waals surface area (Å²) >= 11 is 7.32. The molecule has 17 heavy (non-hydrogen) atoms. The second kappa shape index (κ2) is 3.96. The van der Waals surface area contributed by atoms with Gasteiger partial charge in [-0.3, -0.25) is 0 Å². The molecule has 2 nitrogen and oxygen atoms in total. The van der Waals surface area contributed by atoms with Crippen molar-refractivity contribution in [2.45, 2.75) is 18.8 Å². The number of halogens is 2. The number of hydrogen-bond acceptors (Lipinski definition) is 3. The minimum absolute atomic E-state index is 0.339. The molecule has 0 unspecified atom stereocenters. The highest BCUT2D eigenvalue weighted by Crippen LogP contribution is 2.45. The Bertz CT molecular complexity index is 578. The minimum atomic E-state index is -0.339. The number of nitrogens with zero attached hydrogens (tertiary/aromatic N) is 1. The first-order chi connectivity index (χ1) is 8.15. The van der Waals surface area contributed by atoms with Crippen molar-refractivity contribution in [1.29, 1.82) is 0 Å². The summed E-state index contributed by atoms with van der Waals surface area (Å²) in [7, 11) is 0. The van der Waals surface area contributed by atoms with Crippen LogP contribution in [0.3, 0.4) is 0 Å². The summed E-state index contributed by atoms with van der Waals surface area (Å²) < 4.78 is 13.7. The molecular formula is C12H10ClFN2S. The van der Waals surface area contributed by atoms with Gasteiger partial charge in [0.15, 0.2) is 0 Å². The van der Waals surface area contributed by atoms with Crippen molar-refractivity contribution in [3.63, 3.8) is 0 Å². The molecular weight excluding hydrogens is 259 g/mol. The third-order valence-corrected chi connectivity index (χ3v) is 4.06. The van der Waals surface area contributed by atoms with Crippen LogP contribution >= 0.6 is 22.9 Å².